The van der Waals surface area contributed by atoms with Gasteiger partial charge in [-0.1, -0.05) is 12.1 Å². The van der Waals surface area contributed by atoms with Gasteiger partial charge in [0.25, 0.3) is 0 Å². The van der Waals surface area contributed by atoms with Crippen LogP contribution in [0, 0.1) is 5.82 Å². The number of carbonyl (C=O) groups is 1. The number of benzene rings is 2. The first-order chi connectivity index (χ1) is 9.04. The number of phenols is 1. The fourth-order valence-corrected chi connectivity index (χ4v) is 1.87. The third-order valence-corrected chi connectivity index (χ3v) is 2.70. The van der Waals surface area contributed by atoms with E-state index < -0.39 is 11.8 Å². The first-order valence-corrected chi connectivity index (χ1v) is 5.43. The fourth-order valence-electron chi connectivity index (χ4n) is 1.87. The SMILES string of the molecule is COc1c(C(=O)O)cccc1-c1ccc(F)cc1O. The molecule has 5 heteroatoms. The third kappa shape index (κ3) is 2.35. The van der Waals surface area contributed by atoms with Crippen LogP contribution in [0.3, 0.4) is 0 Å². The number of hydrogen-bond acceptors (Lipinski definition) is 3. The molecule has 2 aromatic rings. The number of carboxylic acids is 1. The van der Waals surface area contributed by atoms with Gasteiger partial charge in [-0.2, -0.15) is 0 Å². The van der Waals surface area contributed by atoms with Crippen molar-refractivity contribution in [2.45, 2.75) is 0 Å². The van der Waals surface area contributed by atoms with Crippen molar-refractivity contribution in [3.8, 4) is 22.6 Å². The van der Waals surface area contributed by atoms with E-state index >= 15 is 0 Å². The first kappa shape index (κ1) is 12.9. The Kier molecular flexibility index (Phi) is 3.37. The van der Waals surface area contributed by atoms with Gasteiger partial charge < -0.3 is 14.9 Å². The van der Waals surface area contributed by atoms with E-state index in [2.05, 4.69) is 0 Å². The highest BCUT2D eigenvalue weighted by Gasteiger charge is 2.17. The zero-order valence-electron chi connectivity index (χ0n) is 10.1. The minimum Gasteiger partial charge on any atom is -0.507 e. The smallest absolute Gasteiger partial charge is 0.339 e. The zero-order valence-corrected chi connectivity index (χ0v) is 10.1. The Bertz CT molecular complexity index is 637. The fraction of sp³-hybridized carbons (Fsp3) is 0.0714. The summed E-state index contributed by atoms with van der Waals surface area (Å²) in [6.07, 6.45) is 0. The number of phenolic OH excluding ortho intramolecular Hbond substituents is 1. The molecule has 0 saturated carbocycles. The highest BCUT2D eigenvalue weighted by atomic mass is 19.1. The lowest BCUT2D eigenvalue weighted by molar-refractivity contribution is 0.0693. The molecule has 2 N–H and O–H groups in total. The standard InChI is InChI=1S/C14H11FO4/c1-19-13-10(3-2-4-11(13)14(17)18)9-6-5-8(15)7-12(9)16/h2-7,16H,1H3,(H,17,18). The summed E-state index contributed by atoms with van der Waals surface area (Å²) < 4.78 is 18.1. The summed E-state index contributed by atoms with van der Waals surface area (Å²) in [4.78, 5) is 11.1. The van der Waals surface area contributed by atoms with Crippen molar-refractivity contribution in [2.75, 3.05) is 7.11 Å². The summed E-state index contributed by atoms with van der Waals surface area (Å²) in [7, 11) is 1.34. The van der Waals surface area contributed by atoms with Crippen LogP contribution >= 0.6 is 0 Å². The molecule has 0 aliphatic carbocycles. The molecule has 19 heavy (non-hydrogen) atoms. The normalized spacial score (nSPS) is 10.2. The lowest BCUT2D eigenvalue weighted by Gasteiger charge is -2.12. The maximum absolute atomic E-state index is 13.0. The highest BCUT2D eigenvalue weighted by Crippen LogP contribution is 2.38. The molecule has 2 aromatic carbocycles. The molecule has 4 nitrogen and oxygen atoms in total. The van der Waals surface area contributed by atoms with Gasteiger partial charge in [0.1, 0.15) is 22.9 Å². The Morgan fingerprint density at radius 3 is 2.53 bits per heavy atom. The van der Waals surface area contributed by atoms with E-state index in [1.165, 1.54) is 31.4 Å². The minimum atomic E-state index is -1.14. The quantitative estimate of drug-likeness (QED) is 0.892. The van der Waals surface area contributed by atoms with E-state index in [0.717, 1.165) is 6.07 Å². The third-order valence-electron chi connectivity index (χ3n) is 2.70. The van der Waals surface area contributed by atoms with Crippen LogP contribution in [0.2, 0.25) is 0 Å². The van der Waals surface area contributed by atoms with Crippen molar-refractivity contribution in [1.29, 1.82) is 0 Å². The van der Waals surface area contributed by atoms with Gasteiger partial charge in [0.15, 0.2) is 0 Å². The van der Waals surface area contributed by atoms with Gasteiger partial charge in [0.05, 0.1) is 7.11 Å². The molecule has 0 aromatic heterocycles. The first-order valence-electron chi connectivity index (χ1n) is 5.43. The number of rotatable bonds is 3. The average molecular weight is 262 g/mol. The van der Waals surface area contributed by atoms with Crippen LogP contribution in [0.4, 0.5) is 4.39 Å². The zero-order chi connectivity index (χ0) is 14.0. The molecule has 0 spiro atoms. The van der Waals surface area contributed by atoms with Crippen LogP contribution in [-0.2, 0) is 0 Å². The molecular formula is C14H11FO4. The molecule has 0 unspecified atom stereocenters. The van der Waals surface area contributed by atoms with Gasteiger partial charge in [0, 0.05) is 17.2 Å². The second kappa shape index (κ2) is 4.97. The molecule has 0 bridgehead atoms. The van der Waals surface area contributed by atoms with Gasteiger partial charge in [-0.15, -0.1) is 0 Å². The number of aromatic carboxylic acids is 1. The summed E-state index contributed by atoms with van der Waals surface area (Å²) in [5.41, 5.74) is 0.671. The van der Waals surface area contributed by atoms with Crippen molar-refractivity contribution >= 4 is 5.97 Å². The number of carboxylic acid groups (broad SMARTS) is 1. The molecule has 0 aliphatic heterocycles. The van der Waals surface area contributed by atoms with Gasteiger partial charge in [-0.05, 0) is 18.2 Å². The predicted octanol–water partition coefficient (Wildman–Crippen LogP) is 2.91. The largest absolute Gasteiger partial charge is 0.507 e. The summed E-state index contributed by atoms with van der Waals surface area (Å²) in [6.45, 7) is 0. The number of aromatic hydroxyl groups is 1. The van der Waals surface area contributed by atoms with Crippen LogP contribution < -0.4 is 4.74 Å². The summed E-state index contributed by atoms with van der Waals surface area (Å²) in [5, 5.41) is 18.8. The average Bonchev–Trinajstić information content (AvgIpc) is 2.37. The van der Waals surface area contributed by atoms with Crippen molar-refractivity contribution < 1.29 is 24.1 Å². The lowest BCUT2D eigenvalue weighted by Crippen LogP contribution is -2.01. The van der Waals surface area contributed by atoms with E-state index in [1.807, 2.05) is 0 Å². The highest BCUT2D eigenvalue weighted by molar-refractivity contribution is 5.95. The molecule has 0 fully saturated rings. The van der Waals surface area contributed by atoms with Crippen molar-refractivity contribution in [3.63, 3.8) is 0 Å². The van der Waals surface area contributed by atoms with Crippen molar-refractivity contribution in [3.05, 3.63) is 47.8 Å². The van der Waals surface area contributed by atoms with Crippen LogP contribution in [-0.4, -0.2) is 23.3 Å². The number of hydrogen-bond donors (Lipinski definition) is 2. The Morgan fingerprint density at radius 1 is 1.21 bits per heavy atom. The number of ether oxygens (including phenoxy) is 1. The van der Waals surface area contributed by atoms with Crippen LogP contribution in [0.1, 0.15) is 10.4 Å². The molecular weight excluding hydrogens is 251 g/mol. The van der Waals surface area contributed by atoms with Crippen LogP contribution in [0.5, 0.6) is 11.5 Å². The molecule has 0 radical (unpaired) electrons. The van der Waals surface area contributed by atoms with E-state index in [1.54, 1.807) is 6.07 Å². The van der Waals surface area contributed by atoms with Crippen molar-refractivity contribution in [1.82, 2.24) is 0 Å². The van der Waals surface area contributed by atoms with E-state index in [9.17, 15) is 14.3 Å². The molecule has 0 atom stereocenters. The Balaban J connectivity index is 2.68. The Labute approximate surface area is 108 Å². The lowest BCUT2D eigenvalue weighted by atomic mass is 10.0. The van der Waals surface area contributed by atoms with Crippen molar-refractivity contribution in [2.24, 2.45) is 0 Å². The summed E-state index contributed by atoms with van der Waals surface area (Å²) in [5.74, 6) is -1.87. The number of halogens is 1. The predicted molar refractivity (Wildman–Crippen MR) is 67.0 cm³/mol. The van der Waals surface area contributed by atoms with E-state index in [-0.39, 0.29) is 17.1 Å². The topological polar surface area (TPSA) is 66.8 Å². The molecule has 2 rings (SSSR count). The second-order valence-electron chi connectivity index (χ2n) is 3.85. The van der Waals surface area contributed by atoms with Gasteiger partial charge >= 0.3 is 5.97 Å². The maximum atomic E-state index is 13.0. The monoisotopic (exact) mass is 262 g/mol. The molecule has 0 heterocycles. The van der Waals surface area contributed by atoms with Crippen LogP contribution in [0.15, 0.2) is 36.4 Å². The number of methoxy groups -OCH3 is 1. The Morgan fingerprint density at radius 2 is 1.95 bits per heavy atom. The summed E-state index contributed by atoms with van der Waals surface area (Å²) in [6, 6.07) is 8.03. The molecule has 0 amide bonds. The Hall–Kier alpha value is -2.56. The van der Waals surface area contributed by atoms with Gasteiger partial charge in [-0.3, -0.25) is 0 Å². The molecule has 98 valence electrons. The maximum Gasteiger partial charge on any atom is 0.339 e. The number of para-hydroxylation sites is 1. The molecule has 0 saturated heterocycles. The van der Waals surface area contributed by atoms with Crippen LogP contribution in [0.25, 0.3) is 11.1 Å². The van der Waals surface area contributed by atoms with Gasteiger partial charge in [0.2, 0.25) is 0 Å². The summed E-state index contributed by atoms with van der Waals surface area (Å²) >= 11 is 0. The molecule has 0 aliphatic rings. The van der Waals surface area contributed by atoms with Gasteiger partial charge in [-0.25, -0.2) is 9.18 Å². The second-order valence-corrected chi connectivity index (χ2v) is 3.85. The van der Waals surface area contributed by atoms with E-state index in [0.29, 0.717) is 11.1 Å². The minimum absolute atomic E-state index is 0.0243. The van der Waals surface area contributed by atoms with E-state index in [4.69, 9.17) is 9.84 Å².